The molecule has 1 radical (unpaired) electrons. The summed E-state index contributed by atoms with van der Waals surface area (Å²) in [5.74, 6) is 1.58. The van der Waals surface area contributed by atoms with Crippen molar-refractivity contribution < 1.29 is 8.85 Å². The molecular weight excluding hydrogens is 216 g/mol. The van der Waals surface area contributed by atoms with Crippen LogP contribution < -0.4 is 0 Å². The first-order chi connectivity index (χ1) is 7.70. The molecule has 0 amide bonds. The van der Waals surface area contributed by atoms with Crippen LogP contribution >= 0.6 is 0 Å². The molecule has 1 rings (SSSR count). The number of hydrogen-bond donors (Lipinski definition) is 0. The monoisotopic (exact) mass is 243 g/mol. The van der Waals surface area contributed by atoms with Gasteiger partial charge >= 0.3 is 9.28 Å². The normalized spacial score (nSPS) is 30.2. The minimum Gasteiger partial charge on any atom is -0.393 e. The second-order valence-electron chi connectivity index (χ2n) is 5.07. The molecule has 0 aromatic carbocycles. The average molecular weight is 243 g/mol. The second-order valence-corrected chi connectivity index (χ2v) is 6.96. The Kier molecular flexibility index (Phi) is 6.62. The lowest BCUT2D eigenvalue weighted by Crippen LogP contribution is -2.33. The first-order valence-corrected chi connectivity index (χ1v) is 8.22. The van der Waals surface area contributed by atoms with Crippen LogP contribution in [0.2, 0.25) is 5.54 Å². The molecule has 0 aliphatic heterocycles. The molecule has 2 atom stereocenters. The third kappa shape index (κ3) is 3.86. The van der Waals surface area contributed by atoms with Crippen molar-refractivity contribution in [2.75, 3.05) is 13.2 Å². The lowest BCUT2D eigenvalue weighted by Gasteiger charge is -2.26. The molecule has 0 heterocycles. The smallest absolute Gasteiger partial charge is 0.388 e. The van der Waals surface area contributed by atoms with Gasteiger partial charge in [0.2, 0.25) is 0 Å². The molecule has 95 valence electrons. The van der Waals surface area contributed by atoms with Crippen LogP contribution in [-0.2, 0) is 8.85 Å². The van der Waals surface area contributed by atoms with Gasteiger partial charge in [-0.15, -0.1) is 0 Å². The molecule has 0 spiro atoms. The van der Waals surface area contributed by atoms with Gasteiger partial charge in [0.05, 0.1) is 0 Å². The van der Waals surface area contributed by atoms with Crippen LogP contribution in [0.25, 0.3) is 0 Å². The zero-order valence-electron chi connectivity index (χ0n) is 11.3. The molecular formula is C13H27O2Si. The topological polar surface area (TPSA) is 18.5 Å². The maximum atomic E-state index is 6.00. The van der Waals surface area contributed by atoms with Crippen molar-refractivity contribution >= 4 is 9.28 Å². The van der Waals surface area contributed by atoms with E-state index in [0.717, 1.165) is 37.9 Å². The summed E-state index contributed by atoms with van der Waals surface area (Å²) in [6.07, 6.45) is 4.90. The van der Waals surface area contributed by atoms with E-state index in [1.54, 1.807) is 0 Å². The fourth-order valence-electron chi connectivity index (χ4n) is 2.55. The van der Waals surface area contributed by atoms with Crippen LogP contribution in [0.1, 0.15) is 53.4 Å². The standard InChI is InChI=1S/C13H27O2Si/c1-5-9-14-16(15-10-6-2)13-11(3)7-8-12(13)4/h11-13H,5-10H2,1-4H3. The summed E-state index contributed by atoms with van der Waals surface area (Å²) in [7, 11) is -1.04. The van der Waals surface area contributed by atoms with Crippen LogP contribution in [0.4, 0.5) is 0 Å². The van der Waals surface area contributed by atoms with Crippen LogP contribution in [0.3, 0.4) is 0 Å². The Morgan fingerprint density at radius 3 is 1.75 bits per heavy atom. The van der Waals surface area contributed by atoms with Crippen molar-refractivity contribution in [1.82, 2.24) is 0 Å². The molecule has 1 saturated carbocycles. The lowest BCUT2D eigenvalue weighted by atomic mass is 10.1. The lowest BCUT2D eigenvalue weighted by molar-refractivity contribution is 0.177. The molecule has 0 saturated heterocycles. The maximum absolute atomic E-state index is 6.00. The summed E-state index contributed by atoms with van der Waals surface area (Å²) >= 11 is 0. The first-order valence-electron chi connectivity index (χ1n) is 6.83. The van der Waals surface area contributed by atoms with E-state index in [9.17, 15) is 0 Å². The Morgan fingerprint density at radius 1 is 0.938 bits per heavy atom. The summed E-state index contributed by atoms with van der Waals surface area (Å²) in [6.45, 7) is 10.8. The Bertz CT molecular complexity index is 169. The van der Waals surface area contributed by atoms with Gasteiger partial charge in [-0.25, -0.2) is 0 Å². The zero-order valence-corrected chi connectivity index (χ0v) is 12.3. The molecule has 0 bridgehead atoms. The van der Waals surface area contributed by atoms with Gasteiger partial charge in [0.1, 0.15) is 0 Å². The van der Waals surface area contributed by atoms with Crippen molar-refractivity contribution in [3.63, 3.8) is 0 Å². The van der Waals surface area contributed by atoms with Gasteiger partial charge in [0, 0.05) is 18.8 Å². The van der Waals surface area contributed by atoms with Gasteiger partial charge in [0.15, 0.2) is 0 Å². The van der Waals surface area contributed by atoms with Crippen molar-refractivity contribution in [3.8, 4) is 0 Å². The minimum atomic E-state index is -1.04. The van der Waals surface area contributed by atoms with E-state index in [1.807, 2.05) is 0 Å². The predicted molar refractivity (Wildman–Crippen MR) is 69.6 cm³/mol. The molecule has 0 aromatic heterocycles. The highest BCUT2D eigenvalue weighted by molar-refractivity contribution is 6.46. The largest absolute Gasteiger partial charge is 0.393 e. The average Bonchev–Trinajstić information content (AvgIpc) is 2.60. The highest BCUT2D eigenvalue weighted by Gasteiger charge is 2.40. The maximum Gasteiger partial charge on any atom is 0.388 e. The van der Waals surface area contributed by atoms with Gasteiger partial charge in [0.25, 0.3) is 0 Å². The molecule has 2 nitrogen and oxygen atoms in total. The predicted octanol–water partition coefficient (Wildman–Crippen LogP) is 3.76. The highest BCUT2D eigenvalue weighted by atomic mass is 28.3. The molecule has 1 aliphatic carbocycles. The Balaban J connectivity index is 2.51. The minimum absolute atomic E-state index is 0.697. The highest BCUT2D eigenvalue weighted by Crippen LogP contribution is 2.43. The van der Waals surface area contributed by atoms with Crippen molar-refractivity contribution in [1.29, 1.82) is 0 Å². The van der Waals surface area contributed by atoms with Gasteiger partial charge < -0.3 is 8.85 Å². The zero-order chi connectivity index (χ0) is 12.0. The van der Waals surface area contributed by atoms with E-state index >= 15 is 0 Å². The van der Waals surface area contributed by atoms with Crippen molar-refractivity contribution in [2.24, 2.45) is 11.8 Å². The van der Waals surface area contributed by atoms with Crippen LogP contribution in [0.15, 0.2) is 0 Å². The molecule has 1 aliphatic rings. The summed E-state index contributed by atoms with van der Waals surface area (Å²) in [5, 5.41) is 0. The Hall–Kier alpha value is 0.137. The molecule has 0 N–H and O–H groups in total. The number of hydrogen-bond acceptors (Lipinski definition) is 2. The Labute approximate surface area is 103 Å². The number of rotatable bonds is 7. The van der Waals surface area contributed by atoms with E-state index < -0.39 is 9.28 Å². The molecule has 16 heavy (non-hydrogen) atoms. The molecule has 3 heteroatoms. The summed E-state index contributed by atoms with van der Waals surface area (Å²) in [4.78, 5) is 0. The summed E-state index contributed by atoms with van der Waals surface area (Å²) in [6, 6.07) is 0. The summed E-state index contributed by atoms with van der Waals surface area (Å²) < 4.78 is 12.0. The first kappa shape index (κ1) is 14.2. The van der Waals surface area contributed by atoms with Gasteiger partial charge in [-0.1, -0.05) is 40.5 Å². The van der Waals surface area contributed by atoms with E-state index in [-0.39, 0.29) is 0 Å². The van der Waals surface area contributed by atoms with E-state index in [1.165, 1.54) is 12.8 Å². The van der Waals surface area contributed by atoms with E-state index in [0.29, 0.717) is 5.54 Å². The summed E-state index contributed by atoms with van der Waals surface area (Å²) in [5.41, 5.74) is 0.697. The Morgan fingerprint density at radius 2 is 1.38 bits per heavy atom. The molecule has 0 aromatic rings. The fourth-order valence-corrected chi connectivity index (χ4v) is 5.09. The fraction of sp³-hybridized carbons (Fsp3) is 1.00. The van der Waals surface area contributed by atoms with E-state index in [2.05, 4.69) is 27.7 Å². The van der Waals surface area contributed by atoms with Gasteiger partial charge in [-0.05, 0) is 24.7 Å². The van der Waals surface area contributed by atoms with Crippen LogP contribution in [0.5, 0.6) is 0 Å². The van der Waals surface area contributed by atoms with Gasteiger partial charge in [-0.3, -0.25) is 0 Å². The molecule has 1 fully saturated rings. The van der Waals surface area contributed by atoms with Crippen LogP contribution in [-0.4, -0.2) is 22.5 Å². The quantitative estimate of drug-likeness (QED) is 0.634. The van der Waals surface area contributed by atoms with Crippen molar-refractivity contribution in [3.05, 3.63) is 0 Å². The van der Waals surface area contributed by atoms with Gasteiger partial charge in [-0.2, -0.15) is 0 Å². The second kappa shape index (κ2) is 7.46. The molecule has 2 unspecified atom stereocenters. The third-order valence-electron chi connectivity index (χ3n) is 3.47. The SMILES string of the molecule is CCCO[Si](OCCC)C1C(C)CCC1C. The van der Waals surface area contributed by atoms with E-state index in [4.69, 9.17) is 8.85 Å². The third-order valence-corrected chi connectivity index (χ3v) is 6.13. The van der Waals surface area contributed by atoms with Crippen LogP contribution in [0, 0.1) is 11.8 Å². The van der Waals surface area contributed by atoms with Crippen molar-refractivity contribution in [2.45, 2.75) is 58.9 Å².